The van der Waals surface area contributed by atoms with Crippen molar-refractivity contribution >= 4 is 5.91 Å². The predicted molar refractivity (Wildman–Crippen MR) is 74.2 cm³/mol. The standard InChI is InChI=1S/C15H24F2N2O2/c1-18-4-3-11(8-21-2)5-14(18)9-19(10-14)13(20)12-6-15(16,17)7-12/h11-12H,3-10H2,1-2H3. The molecule has 0 radical (unpaired) electrons. The first-order chi connectivity index (χ1) is 9.85. The summed E-state index contributed by atoms with van der Waals surface area (Å²) in [5.41, 5.74) is 0.0450. The lowest BCUT2D eigenvalue weighted by atomic mass is 9.73. The van der Waals surface area contributed by atoms with E-state index in [4.69, 9.17) is 4.74 Å². The molecule has 0 aromatic rings. The maximum Gasteiger partial charge on any atom is 0.249 e. The fourth-order valence-electron chi connectivity index (χ4n) is 4.07. The van der Waals surface area contributed by atoms with Crippen molar-refractivity contribution in [3.8, 4) is 0 Å². The van der Waals surface area contributed by atoms with Crippen molar-refractivity contribution in [2.75, 3.05) is 40.4 Å². The highest BCUT2D eigenvalue weighted by atomic mass is 19.3. The Bertz CT molecular complexity index is 416. The summed E-state index contributed by atoms with van der Waals surface area (Å²) >= 11 is 0. The van der Waals surface area contributed by atoms with Gasteiger partial charge in [0.05, 0.1) is 5.54 Å². The third kappa shape index (κ3) is 2.68. The van der Waals surface area contributed by atoms with Crippen molar-refractivity contribution in [1.82, 2.24) is 9.80 Å². The zero-order valence-electron chi connectivity index (χ0n) is 12.8. The molecule has 1 atom stereocenters. The van der Waals surface area contributed by atoms with E-state index in [9.17, 15) is 13.6 Å². The van der Waals surface area contributed by atoms with Crippen LogP contribution in [-0.4, -0.2) is 67.6 Å². The van der Waals surface area contributed by atoms with Crippen molar-refractivity contribution in [2.45, 2.75) is 37.1 Å². The quantitative estimate of drug-likeness (QED) is 0.794. The van der Waals surface area contributed by atoms with Crippen molar-refractivity contribution < 1.29 is 18.3 Å². The molecule has 3 fully saturated rings. The molecule has 21 heavy (non-hydrogen) atoms. The maximum absolute atomic E-state index is 12.9. The number of halogens is 2. The van der Waals surface area contributed by atoms with E-state index in [2.05, 4.69) is 11.9 Å². The van der Waals surface area contributed by atoms with Crippen LogP contribution in [0.2, 0.25) is 0 Å². The third-order valence-electron chi connectivity index (χ3n) is 5.47. The number of hydrogen-bond acceptors (Lipinski definition) is 3. The molecule has 2 saturated heterocycles. The lowest BCUT2D eigenvalue weighted by molar-refractivity contribution is -0.175. The summed E-state index contributed by atoms with van der Waals surface area (Å²) in [6, 6.07) is 0. The number of piperidine rings is 1. The Labute approximate surface area is 124 Å². The molecule has 2 heterocycles. The second-order valence-electron chi connectivity index (χ2n) is 7.12. The third-order valence-corrected chi connectivity index (χ3v) is 5.47. The van der Waals surface area contributed by atoms with E-state index < -0.39 is 11.8 Å². The van der Waals surface area contributed by atoms with Crippen LogP contribution in [0.25, 0.3) is 0 Å². The van der Waals surface area contributed by atoms with Crippen LogP contribution >= 0.6 is 0 Å². The number of likely N-dealkylation sites (tertiary alicyclic amines) is 2. The van der Waals surface area contributed by atoms with Crippen LogP contribution in [0.1, 0.15) is 25.7 Å². The van der Waals surface area contributed by atoms with E-state index >= 15 is 0 Å². The van der Waals surface area contributed by atoms with E-state index in [1.54, 1.807) is 12.0 Å². The number of ether oxygens (including phenoxy) is 1. The Morgan fingerprint density at radius 1 is 1.29 bits per heavy atom. The molecule has 6 heteroatoms. The molecular weight excluding hydrogens is 278 g/mol. The predicted octanol–water partition coefficient (Wildman–Crippen LogP) is 1.60. The first-order valence-corrected chi connectivity index (χ1v) is 7.72. The Morgan fingerprint density at radius 2 is 1.95 bits per heavy atom. The van der Waals surface area contributed by atoms with Crippen molar-refractivity contribution in [1.29, 1.82) is 0 Å². The van der Waals surface area contributed by atoms with Gasteiger partial charge in [-0.15, -0.1) is 0 Å². The monoisotopic (exact) mass is 302 g/mol. The molecule has 0 N–H and O–H groups in total. The Kier molecular flexibility index (Phi) is 3.72. The fourth-order valence-corrected chi connectivity index (χ4v) is 4.07. The fraction of sp³-hybridized carbons (Fsp3) is 0.933. The smallest absolute Gasteiger partial charge is 0.249 e. The molecule has 4 nitrogen and oxygen atoms in total. The van der Waals surface area contributed by atoms with Gasteiger partial charge in [-0.3, -0.25) is 9.69 Å². The van der Waals surface area contributed by atoms with E-state index in [1.165, 1.54) is 0 Å². The Morgan fingerprint density at radius 3 is 2.52 bits per heavy atom. The van der Waals surface area contributed by atoms with Gasteiger partial charge >= 0.3 is 0 Å². The van der Waals surface area contributed by atoms with Gasteiger partial charge in [0.1, 0.15) is 0 Å². The molecule has 1 unspecified atom stereocenters. The van der Waals surface area contributed by atoms with Gasteiger partial charge in [0.2, 0.25) is 11.8 Å². The van der Waals surface area contributed by atoms with E-state index in [0.717, 1.165) is 26.0 Å². The number of nitrogens with zero attached hydrogens (tertiary/aromatic N) is 2. The Balaban J connectivity index is 1.54. The van der Waals surface area contributed by atoms with Crippen LogP contribution in [0.4, 0.5) is 8.78 Å². The molecule has 1 spiro atoms. The molecule has 1 aliphatic carbocycles. The first kappa shape index (κ1) is 15.2. The molecule has 3 rings (SSSR count). The van der Waals surface area contributed by atoms with Crippen LogP contribution < -0.4 is 0 Å². The summed E-state index contributed by atoms with van der Waals surface area (Å²) in [7, 11) is 3.82. The molecule has 2 aliphatic heterocycles. The zero-order valence-corrected chi connectivity index (χ0v) is 12.8. The Hall–Kier alpha value is -0.750. The minimum atomic E-state index is -2.62. The zero-order chi connectivity index (χ0) is 15.3. The van der Waals surface area contributed by atoms with E-state index in [0.29, 0.717) is 19.0 Å². The summed E-state index contributed by atoms with van der Waals surface area (Å²) in [6.07, 6.45) is 1.62. The number of hydrogen-bond donors (Lipinski definition) is 0. The molecule has 1 amide bonds. The van der Waals surface area contributed by atoms with Crippen molar-refractivity contribution in [3.63, 3.8) is 0 Å². The highest BCUT2D eigenvalue weighted by molar-refractivity contribution is 5.81. The van der Waals surface area contributed by atoms with Crippen LogP contribution in [0, 0.1) is 11.8 Å². The van der Waals surface area contributed by atoms with Gasteiger partial charge in [-0.05, 0) is 32.4 Å². The van der Waals surface area contributed by atoms with Gasteiger partial charge in [0.25, 0.3) is 0 Å². The number of alkyl halides is 2. The highest BCUT2D eigenvalue weighted by Crippen LogP contribution is 2.45. The van der Waals surface area contributed by atoms with Crippen molar-refractivity contribution in [3.05, 3.63) is 0 Å². The number of carbonyl (C=O) groups excluding carboxylic acids is 1. The minimum absolute atomic E-state index is 0.0450. The van der Waals surface area contributed by atoms with E-state index in [1.807, 2.05) is 0 Å². The molecule has 1 saturated carbocycles. The molecule has 0 aromatic heterocycles. The van der Waals surface area contributed by atoms with Crippen LogP contribution in [0.3, 0.4) is 0 Å². The summed E-state index contributed by atoms with van der Waals surface area (Å²) in [4.78, 5) is 16.3. The number of carbonyl (C=O) groups is 1. The summed E-state index contributed by atoms with van der Waals surface area (Å²) < 4.78 is 31.0. The topological polar surface area (TPSA) is 32.8 Å². The number of amides is 1. The van der Waals surface area contributed by atoms with Gasteiger partial charge in [-0.25, -0.2) is 8.78 Å². The lowest BCUT2D eigenvalue weighted by Crippen LogP contribution is -2.73. The average Bonchev–Trinajstić information content (AvgIpc) is 2.35. The molecule has 0 bridgehead atoms. The second-order valence-corrected chi connectivity index (χ2v) is 7.12. The van der Waals surface area contributed by atoms with Crippen LogP contribution in [0.15, 0.2) is 0 Å². The van der Waals surface area contributed by atoms with Gasteiger partial charge in [0, 0.05) is 45.6 Å². The number of methoxy groups -OCH3 is 1. The molecular formula is C15H24F2N2O2. The van der Waals surface area contributed by atoms with E-state index in [-0.39, 0.29) is 24.3 Å². The molecule has 120 valence electrons. The van der Waals surface area contributed by atoms with Crippen LogP contribution in [-0.2, 0) is 9.53 Å². The summed E-state index contributed by atoms with van der Waals surface area (Å²) in [6.45, 7) is 3.14. The number of likely N-dealkylation sites (N-methyl/N-ethyl adjacent to an activating group) is 1. The maximum atomic E-state index is 12.9. The lowest BCUT2D eigenvalue weighted by Gasteiger charge is -2.59. The first-order valence-electron chi connectivity index (χ1n) is 7.72. The van der Waals surface area contributed by atoms with Crippen LogP contribution in [0.5, 0.6) is 0 Å². The van der Waals surface area contributed by atoms with Gasteiger partial charge < -0.3 is 9.64 Å². The normalized spacial score (nSPS) is 31.8. The second kappa shape index (κ2) is 5.16. The van der Waals surface area contributed by atoms with Gasteiger partial charge in [0.15, 0.2) is 0 Å². The summed E-state index contributed by atoms with van der Waals surface area (Å²) in [5.74, 6) is -2.61. The number of rotatable bonds is 3. The molecule has 0 aromatic carbocycles. The highest BCUT2D eigenvalue weighted by Gasteiger charge is 2.55. The average molecular weight is 302 g/mol. The van der Waals surface area contributed by atoms with Gasteiger partial charge in [-0.1, -0.05) is 0 Å². The minimum Gasteiger partial charge on any atom is -0.384 e. The van der Waals surface area contributed by atoms with Gasteiger partial charge in [-0.2, -0.15) is 0 Å². The molecule has 3 aliphatic rings. The summed E-state index contributed by atoms with van der Waals surface area (Å²) in [5, 5.41) is 0. The van der Waals surface area contributed by atoms with Crippen molar-refractivity contribution in [2.24, 2.45) is 11.8 Å². The SMILES string of the molecule is COCC1CCN(C)C2(C1)CN(C(=O)C1CC(F)(F)C1)C2. The largest absolute Gasteiger partial charge is 0.384 e.